The van der Waals surface area contributed by atoms with Gasteiger partial charge in [0.2, 0.25) is 0 Å². The Hall–Kier alpha value is -2.45. The molecule has 0 atom stereocenters. The Bertz CT molecular complexity index is 997. The van der Waals surface area contributed by atoms with Gasteiger partial charge in [0.05, 0.1) is 15.4 Å². The van der Waals surface area contributed by atoms with E-state index in [0.29, 0.717) is 34.0 Å². The first-order valence-corrected chi connectivity index (χ1v) is 10.4. The summed E-state index contributed by atoms with van der Waals surface area (Å²) in [4.78, 5) is 36.7. The zero-order valence-corrected chi connectivity index (χ0v) is 18.2. The minimum atomic E-state index is -0.528. The zero-order valence-electron chi connectivity index (χ0n) is 15.8. The van der Waals surface area contributed by atoms with Gasteiger partial charge in [-0.1, -0.05) is 41.5 Å². The van der Waals surface area contributed by atoms with E-state index in [0.717, 1.165) is 16.2 Å². The average Bonchev–Trinajstić information content (AvgIpc) is 2.64. The van der Waals surface area contributed by atoms with Gasteiger partial charge in [-0.15, -0.1) is 0 Å². The predicted molar refractivity (Wildman–Crippen MR) is 114 cm³/mol. The van der Waals surface area contributed by atoms with Gasteiger partial charge in [-0.25, -0.2) is 4.79 Å². The van der Waals surface area contributed by atoms with E-state index in [4.69, 9.17) is 4.74 Å². The Labute approximate surface area is 180 Å². The number of nitrogens with zero attached hydrogens (tertiary/aromatic N) is 1. The number of non-ortho nitro benzene ring substituents is 1. The molecule has 8 heteroatoms. The number of Topliss-reactive ketones (excluding diaryl/α,β-unsaturated/α-hetero) is 1. The number of nitro benzene ring substituents is 1. The van der Waals surface area contributed by atoms with E-state index >= 15 is 0 Å². The highest BCUT2D eigenvalue weighted by atomic mass is 79.9. The Morgan fingerprint density at radius 1 is 1.10 bits per heavy atom. The van der Waals surface area contributed by atoms with Crippen molar-refractivity contribution in [2.75, 3.05) is 0 Å². The van der Waals surface area contributed by atoms with Crippen LogP contribution in [0.2, 0.25) is 0 Å². The standard InChI is InChI=1S/C21H18BrNO5S/c1-21(2)11-17(24)19(29-16-9-7-15(8-10-16)23(26)27)18(12-21)28-20(25)13-3-5-14(22)6-4-13/h3-10H,11-12H2,1-2H3. The fourth-order valence-electron chi connectivity index (χ4n) is 2.95. The number of hydrogen-bond acceptors (Lipinski definition) is 6. The van der Waals surface area contributed by atoms with Crippen LogP contribution in [0.1, 0.15) is 37.0 Å². The van der Waals surface area contributed by atoms with Gasteiger partial charge in [0.15, 0.2) is 5.78 Å². The molecule has 150 valence electrons. The minimum absolute atomic E-state index is 0.0266. The molecule has 3 rings (SSSR count). The first-order valence-electron chi connectivity index (χ1n) is 8.81. The van der Waals surface area contributed by atoms with E-state index in [9.17, 15) is 19.7 Å². The summed E-state index contributed by atoms with van der Waals surface area (Å²) in [6.07, 6.45) is 0.776. The van der Waals surface area contributed by atoms with E-state index in [1.807, 2.05) is 13.8 Å². The number of allylic oxidation sites excluding steroid dienone is 2. The van der Waals surface area contributed by atoms with Crippen molar-refractivity contribution in [1.82, 2.24) is 0 Å². The molecule has 1 aliphatic carbocycles. The van der Waals surface area contributed by atoms with Gasteiger partial charge < -0.3 is 4.74 Å². The van der Waals surface area contributed by atoms with Crippen LogP contribution in [-0.2, 0) is 9.53 Å². The van der Waals surface area contributed by atoms with E-state index in [1.165, 1.54) is 12.1 Å². The summed E-state index contributed by atoms with van der Waals surface area (Å²) in [5, 5.41) is 10.8. The number of ketones is 1. The molecular formula is C21H18BrNO5S. The monoisotopic (exact) mass is 475 g/mol. The van der Waals surface area contributed by atoms with Crippen LogP contribution in [0.5, 0.6) is 0 Å². The molecule has 2 aromatic carbocycles. The summed E-state index contributed by atoms with van der Waals surface area (Å²) in [5.41, 5.74) is 0.0314. The number of carbonyl (C=O) groups excluding carboxylic acids is 2. The molecule has 0 unspecified atom stereocenters. The maximum atomic E-state index is 12.8. The molecule has 1 aliphatic rings. The zero-order chi connectivity index (χ0) is 21.2. The van der Waals surface area contributed by atoms with E-state index in [-0.39, 0.29) is 16.9 Å². The lowest BCUT2D eigenvalue weighted by Crippen LogP contribution is -2.26. The Kier molecular flexibility index (Phi) is 6.24. The molecule has 0 saturated carbocycles. The first-order chi connectivity index (χ1) is 13.6. The summed E-state index contributed by atoms with van der Waals surface area (Å²) in [6.45, 7) is 3.90. The quantitative estimate of drug-likeness (QED) is 0.303. The molecule has 2 aromatic rings. The van der Waals surface area contributed by atoms with E-state index in [1.54, 1.807) is 36.4 Å². The lowest BCUT2D eigenvalue weighted by molar-refractivity contribution is -0.384. The van der Waals surface area contributed by atoms with E-state index in [2.05, 4.69) is 15.9 Å². The van der Waals surface area contributed by atoms with Crippen molar-refractivity contribution in [3.8, 4) is 0 Å². The van der Waals surface area contributed by atoms with Gasteiger partial charge in [-0.05, 0) is 41.8 Å². The molecule has 6 nitrogen and oxygen atoms in total. The lowest BCUT2D eigenvalue weighted by Gasteiger charge is -2.31. The van der Waals surface area contributed by atoms with Crippen molar-refractivity contribution in [3.63, 3.8) is 0 Å². The van der Waals surface area contributed by atoms with E-state index < -0.39 is 10.9 Å². The fraction of sp³-hybridized carbons (Fsp3) is 0.238. The number of nitro groups is 1. The third-order valence-corrected chi connectivity index (χ3v) is 6.04. The summed E-state index contributed by atoms with van der Waals surface area (Å²) >= 11 is 4.49. The smallest absolute Gasteiger partial charge is 0.343 e. The highest BCUT2D eigenvalue weighted by molar-refractivity contribution is 9.10. The van der Waals surface area contributed by atoms with Gasteiger partial charge in [-0.2, -0.15) is 0 Å². The maximum Gasteiger partial charge on any atom is 0.343 e. The number of benzene rings is 2. The molecule has 0 bridgehead atoms. The second-order valence-electron chi connectivity index (χ2n) is 7.44. The second-order valence-corrected chi connectivity index (χ2v) is 9.44. The molecule has 0 amide bonds. The summed E-state index contributed by atoms with van der Waals surface area (Å²) in [6, 6.07) is 12.7. The number of ether oxygens (including phenoxy) is 1. The third-order valence-electron chi connectivity index (χ3n) is 4.35. The molecule has 0 fully saturated rings. The first kappa shape index (κ1) is 21.3. The van der Waals surface area contributed by atoms with Crippen molar-refractivity contribution in [2.24, 2.45) is 5.41 Å². The number of rotatable bonds is 5. The average molecular weight is 476 g/mol. The van der Waals surface area contributed by atoms with Crippen LogP contribution in [0.4, 0.5) is 5.69 Å². The number of halogens is 1. The molecule has 0 heterocycles. The minimum Gasteiger partial charge on any atom is -0.426 e. The van der Waals surface area contributed by atoms with Crippen molar-refractivity contribution in [2.45, 2.75) is 31.6 Å². The van der Waals surface area contributed by atoms with Crippen LogP contribution < -0.4 is 0 Å². The van der Waals surface area contributed by atoms with Gasteiger partial charge in [-0.3, -0.25) is 14.9 Å². The molecule has 0 saturated heterocycles. The van der Waals surface area contributed by atoms with Crippen LogP contribution in [-0.4, -0.2) is 16.7 Å². The second kappa shape index (κ2) is 8.51. The normalized spacial score (nSPS) is 15.9. The van der Waals surface area contributed by atoms with Crippen LogP contribution in [0.25, 0.3) is 0 Å². The van der Waals surface area contributed by atoms with Crippen LogP contribution >= 0.6 is 27.7 Å². The number of thioether (sulfide) groups is 1. The molecular weight excluding hydrogens is 458 g/mol. The lowest BCUT2D eigenvalue weighted by atomic mass is 9.79. The molecule has 0 aromatic heterocycles. The number of carbonyl (C=O) groups is 2. The van der Waals surface area contributed by atoms with Crippen molar-refractivity contribution in [1.29, 1.82) is 0 Å². The van der Waals surface area contributed by atoms with Gasteiger partial charge in [0, 0.05) is 34.3 Å². The summed E-state index contributed by atoms with van der Waals surface area (Å²) in [7, 11) is 0. The van der Waals surface area contributed by atoms with Crippen molar-refractivity contribution < 1.29 is 19.2 Å². The molecule has 0 N–H and O–H groups in total. The Balaban J connectivity index is 1.90. The SMILES string of the molecule is CC1(C)CC(=O)C(Sc2ccc([N+](=O)[O-])cc2)=C(OC(=O)c2ccc(Br)cc2)C1. The molecule has 0 radical (unpaired) electrons. The largest absolute Gasteiger partial charge is 0.426 e. The van der Waals surface area contributed by atoms with Crippen LogP contribution in [0.3, 0.4) is 0 Å². The van der Waals surface area contributed by atoms with Crippen LogP contribution in [0, 0.1) is 15.5 Å². The topological polar surface area (TPSA) is 86.5 Å². The fourth-order valence-corrected chi connectivity index (χ4v) is 4.14. The third kappa shape index (κ3) is 5.33. The Morgan fingerprint density at radius 2 is 1.72 bits per heavy atom. The highest BCUT2D eigenvalue weighted by Gasteiger charge is 2.35. The maximum absolute atomic E-state index is 12.8. The predicted octanol–water partition coefficient (Wildman–Crippen LogP) is 5.91. The number of hydrogen-bond donors (Lipinski definition) is 0. The number of esters is 1. The molecule has 0 spiro atoms. The van der Waals surface area contributed by atoms with Crippen molar-refractivity contribution in [3.05, 3.63) is 79.3 Å². The Morgan fingerprint density at radius 3 is 2.31 bits per heavy atom. The summed E-state index contributed by atoms with van der Waals surface area (Å²) in [5.74, 6) is -0.300. The van der Waals surface area contributed by atoms with Crippen LogP contribution in [0.15, 0.2) is 68.6 Å². The highest BCUT2D eigenvalue weighted by Crippen LogP contribution is 2.43. The van der Waals surface area contributed by atoms with Crippen molar-refractivity contribution >= 4 is 45.1 Å². The molecule has 29 heavy (non-hydrogen) atoms. The summed E-state index contributed by atoms with van der Waals surface area (Å²) < 4.78 is 6.49. The molecule has 0 aliphatic heterocycles. The van der Waals surface area contributed by atoms with Gasteiger partial charge in [0.1, 0.15) is 5.76 Å². The van der Waals surface area contributed by atoms with Gasteiger partial charge >= 0.3 is 5.97 Å². The van der Waals surface area contributed by atoms with Gasteiger partial charge in [0.25, 0.3) is 5.69 Å².